The molecule has 2 saturated heterocycles. The number of likely N-dealkylation sites (tertiary alicyclic amines) is 1. The molecule has 0 saturated carbocycles. The van der Waals surface area contributed by atoms with Gasteiger partial charge in [0.2, 0.25) is 0 Å². The first-order valence-corrected chi connectivity index (χ1v) is 11.7. The second-order valence-electron chi connectivity index (χ2n) is 8.43. The lowest BCUT2D eigenvalue weighted by atomic mass is 9.86. The van der Waals surface area contributed by atoms with Crippen LogP contribution in [0.15, 0.2) is 29.6 Å². The van der Waals surface area contributed by atoms with Crippen LogP contribution in [0.4, 0.5) is 5.69 Å². The van der Waals surface area contributed by atoms with Gasteiger partial charge in [-0.15, -0.1) is 11.3 Å². The van der Waals surface area contributed by atoms with Gasteiger partial charge in [-0.05, 0) is 76.9 Å². The Morgan fingerprint density at radius 1 is 1.21 bits per heavy atom. The molecule has 2 aliphatic heterocycles. The summed E-state index contributed by atoms with van der Waals surface area (Å²) in [5.74, 6) is 0. The molecule has 2 fully saturated rings. The minimum atomic E-state index is 0.368. The number of aryl methyl sites for hydroxylation is 1. The van der Waals surface area contributed by atoms with E-state index in [0.29, 0.717) is 11.6 Å². The van der Waals surface area contributed by atoms with Gasteiger partial charge in [0.1, 0.15) is 0 Å². The van der Waals surface area contributed by atoms with Crippen molar-refractivity contribution in [3.8, 4) is 0 Å². The first kappa shape index (κ1) is 20.1. The zero-order valence-electron chi connectivity index (χ0n) is 17.0. The molecule has 4 rings (SSSR count). The summed E-state index contributed by atoms with van der Waals surface area (Å²) < 4.78 is 0. The van der Waals surface area contributed by atoms with E-state index in [1.807, 2.05) is 12.1 Å². The van der Waals surface area contributed by atoms with E-state index in [4.69, 9.17) is 16.6 Å². The summed E-state index contributed by atoms with van der Waals surface area (Å²) in [5, 5.41) is 7.64. The highest BCUT2D eigenvalue weighted by Gasteiger charge is 2.36. The second-order valence-corrected chi connectivity index (χ2v) is 9.93. The number of rotatable bonds is 5. The minimum Gasteiger partial charge on any atom is -0.363 e. The summed E-state index contributed by atoms with van der Waals surface area (Å²) in [6.07, 6.45) is 4.93. The molecule has 0 radical (unpaired) electrons. The number of hydrogen-bond acceptors (Lipinski definition) is 5. The number of hydrogen-bond donors (Lipinski definition) is 1. The van der Waals surface area contributed by atoms with Crippen molar-refractivity contribution >= 4 is 28.6 Å². The van der Waals surface area contributed by atoms with Crippen LogP contribution in [0.5, 0.6) is 0 Å². The van der Waals surface area contributed by atoms with Crippen LogP contribution in [-0.2, 0) is 6.54 Å². The average molecular weight is 419 g/mol. The van der Waals surface area contributed by atoms with Crippen molar-refractivity contribution in [3.05, 3.63) is 45.4 Å². The van der Waals surface area contributed by atoms with E-state index < -0.39 is 0 Å². The molecule has 1 aromatic heterocycles. The molecule has 2 aliphatic rings. The second kappa shape index (κ2) is 8.70. The average Bonchev–Trinajstić information content (AvgIpc) is 3.13. The Kier molecular flexibility index (Phi) is 6.26. The van der Waals surface area contributed by atoms with Crippen LogP contribution in [0.2, 0.25) is 5.02 Å². The van der Waals surface area contributed by atoms with E-state index >= 15 is 0 Å². The summed E-state index contributed by atoms with van der Waals surface area (Å²) in [7, 11) is 0. The molecule has 0 bridgehead atoms. The quantitative estimate of drug-likeness (QED) is 0.761. The van der Waals surface area contributed by atoms with Crippen LogP contribution in [0.3, 0.4) is 0 Å². The Hall–Kier alpha value is -1.14. The number of anilines is 1. The molecule has 1 aromatic carbocycles. The lowest BCUT2D eigenvalue weighted by molar-refractivity contribution is 0.0482. The van der Waals surface area contributed by atoms with Gasteiger partial charge in [0.05, 0.1) is 17.2 Å². The first-order valence-electron chi connectivity index (χ1n) is 10.4. The number of benzene rings is 1. The van der Waals surface area contributed by atoms with E-state index in [1.54, 1.807) is 11.3 Å². The third-order valence-electron chi connectivity index (χ3n) is 6.51. The predicted octanol–water partition coefficient (Wildman–Crippen LogP) is 4.72. The zero-order chi connectivity index (χ0) is 19.6. The molecule has 0 aliphatic carbocycles. The van der Waals surface area contributed by atoms with Crippen LogP contribution in [0.25, 0.3) is 0 Å². The minimum absolute atomic E-state index is 0.368. The summed E-state index contributed by atoms with van der Waals surface area (Å²) in [6.45, 7) is 10.1. The largest absolute Gasteiger partial charge is 0.363 e. The van der Waals surface area contributed by atoms with Crippen LogP contribution >= 0.6 is 22.9 Å². The van der Waals surface area contributed by atoms with Crippen molar-refractivity contribution in [1.82, 2.24) is 15.2 Å². The standard InChI is InChI=1S/C22H31ClN4S/c1-17-25-19(16-28-17)15-27(20-5-3-18(23)4-6-20)21-7-13-26(14-8-21)22(2)9-11-24-12-10-22/h3-6,16,21,24H,7-15H2,1-2H3. The molecule has 3 heterocycles. The Bertz CT molecular complexity index is 761. The molecule has 0 atom stereocenters. The van der Waals surface area contributed by atoms with Gasteiger partial charge in [0, 0.05) is 40.8 Å². The highest BCUT2D eigenvalue weighted by Crippen LogP contribution is 2.32. The predicted molar refractivity (Wildman–Crippen MR) is 120 cm³/mol. The van der Waals surface area contributed by atoms with Gasteiger partial charge in [-0.1, -0.05) is 11.6 Å². The smallest absolute Gasteiger partial charge is 0.0898 e. The maximum atomic E-state index is 6.15. The fourth-order valence-corrected chi connectivity index (χ4v) is 5.45. The molecule has 0 unspecified atom stereocenters. The van der Waals surface area contributed by atoms with Crippen LogP contribution in [0, 0.1) is 6.92 Å². The SMILES string of the molecule is Cc1nc(CN(c2ccc(Cl)cc2)C2CCN(C3(C)CCNCC3)CC2)cs1. The van der Waals surface area contributed by atoms with E-state index in [2.05, 4.69) is 46.5 Å². The van der Waals surface area contributed by atoms with Gasteiger partial charge in [0.25, 0.3) is 0 Å². The molecule has 0 spiro atoms. The molecule has 28 heavy (non-hydrogen) atoms. The highest BCUT2D eigenvalue weighted by molar-refractivity contribution is 7.09. The lowest BCUT2D eigenvalue weighted by Crippen LogP contribution is -2.57. The van der Waals surface area contributed by atoms with E-state index in [0.717, 1.165) is 29.7 Å². The fourth-order valence-electron chi connectivity index (χ4n) is 4.72. The third-order valence-corrected chi connectivity index (χ3v) is 7.58. The normalized spacial score (nSPS) is 21.0. The van der Waals surface area contributed by atoms with Gasteiger partial charge in [-0.3, -0.25) is 4.90 Å². The number of thiazole rings is 1. The van der Waals surface area contributed by atoms with E-state index in [-0.39, 0.29) is 0 Å². The van der Waals surface area contributed by atoms with Gasteiger partial charge in [0.15, 0.2) is 0 Å². The van der Waals surface area contributed by atoms with E-state index in [9.17, 15) is 0 Å². The lowest BCUT2D eigenvalue weighted by Gasteiger charge is -2.49. The van der Waals surface area contributed by atoms with Crippen molar-refractivity contribution in [2.75, 3.05) is 31.1 Å². The van der Waals surface area contributed by atoms with E-state index in [1.165, 1.54) is 50.2 Å². The molecule has 1 N–H and O–H groups in total. The highest BCUT2D eigenvalue weighted by atomic mass is 35.5. The van der Waals surface area contributed by atoms with Gasteiger partial charge in [-0.2, -0.15) is 0 Å². The Morgan fingerprint density at radius 3 is 2.50 bits per heavy atom. The number of halogens is 1. The van der Waals surface area contributed by atoms with Crippen LogP contribution in [-0.4, -0.2) is 47.6 Å². The summed E-state index contributed by atoms with van der Waals surface area (Å²) in [6, 6.07) is 8.86. The van der Waals surface area contributed by atoms with Crippen molar-refractivity contribution < 1.29 is 0 Å². The Labute approximate surface area is 177 Å². The number of nitrogens with one attached hydrogen (secondary N) is 1. The third kappa shape index (κ3) is 4.54. The number of piperidine rings is 2. The summed E-state index contributed by atoms with van der Waals surface area (Å²) in [5.41, 5.74) is 2.79. The van der Waals surface area contributed by atoms with Gasteiger partial charge < -0.3 is 10.2 Å². The molecule has 6 heteroatoms. The Morgan fingerprint density at radius 2 is 1.89 bits per heavy atom. The van der Waals surface area contributed by atoms with Crippen molar-refractivity contribution in [2.24, 2.45) is 0 Å². The Balaban J connectivity index is 1.48. The van der Waals surface area contributed by atoms with Crippen molar-refractivity contribution in [2.45, 2.75) is 57.7 Å². The molecule has 4 nitrogen and oxygen atoms in total. The fraction of sp³-hybridized carbons (Fsp3) is 0.591. The van der Waals surface area contributed by atoms with Crippen molar-refractivity contribution in [3.63, 3.8) is 0 Å². The molecule has 2 aromatic rings. The topological polar surface area (TPSA) is 31.4 Å². The molecular weight excluding hydrogens is 388 g/mol. The van der Waals surface area contributed by atoms with Crippen LogP contribution in [0.1, 0.15) is 43.3 Å². The van der Waals surface area contributed by atoms with Gasteiger partial charge in [-0.25, -0.2) is 4.98 Å². The monoisotopic (exact) mass is 418 g/mol. The maximum Gasteiger partial charge on any atom is 0.0898 e. The molecule has 0 amide bonds. The number of nitrogens with zero attached hydrogens (tertiary/aromatic N) is 3. The van der Waals surface area contributed by atoms with Crippen molar-refractivity contribution in [1.29, 1.82) is 0 Å². The summed E-state index contributed by atoms with van der Waals surface area (Å²) >= 11 is 7.88. The first-order chi connectivity index (χ1) is 13.5. The number of aromatic nitrogens is 1. The van der Waals surface area contributed by atoms with Crippen LogP contribution < -0.4 is 10.2 Å². The molecular formula is C22H31ClN4S. The summed E-state index contributed by atoms with van der Waals surface area (Å²) in [4.78, 5) is 10.0. The zero-order valence-corrected chi connectivity index (χ0v) is 18.5. The van der Waals surface area contributed by atoms with Gasteiger partial charge >= 0.3 is 0 Å². The molecule has 152 valence electrons. The maximum absolute atomic E-state index is 6.15.